The first-order valence-electron chi connectivity index (χ1n) is 9.71. The van der Waals surface area contributed by atoms with Gasteiger partial charge in [0.25, 0.3) is 5.91 Å². The van der Waals surface area contributed by atoms with E-state index in [4.69, 9.17) is 4.74 Å². The van der Waals surface area contributed by atoms with Crippen LogP contribution in [0.2, 0.25) is 0 Å². The number of hydrogen-bond acceptors (Lipinski definition) is 4. The Kier molecular flexibility index (Phi) is 5.57. The SMILES string of the molecule is Cc1cc(C(=O)NC2CC3CN(C(=O)OC(C)(C)C)CC3C2)n(CC(F)(F)F)n1. The Labute approximate surface area is 167 Å². The fourth-order valence-electron chi connectivity index (χ4n) is 4.17. The summed E-state index contributed by atoms with van der Waals surface area (Å²) < 4.78 is 44.3. The van der Waals surface area contributed by atoms with Gasteiger partial charge in [-0.2, -0.15) is 18.3 Å². The number of aromatic nitrogens is 2. The summed E-state index contributed by atoms with van der Waals surface area (Å²) in [4.78, 5) is 26.5. The molecule has 10 heteroatoms. The van der Waals surface area contributed by atoms with E-state index in [1.54, 1.807) is 11.8 Å². The Morgan fingerprint density at radius 1 is 1.21 bits per heavy atom. The smallest absolute Gasteiger partial charge is 0.410 e. The van der Waals surface area contributed by atoms with E-state index in [1.807, 2.05) is 20.8 Å². The molecule has 1 aliphatic heterocycles. The molecule has 2 atom stereocenters. The molecule has 0 bridgehead atoms. The van der Waals surface area contributed by atoms with Gasteiger partial charge >= 0.3 is 12.3 Å². The molecule has 0 radical (unpaired) electrons. The Bertz CT molecular complexity index is 771. The van der Waals surface area contributed by atoms with Crippen molar-refractivity contribution in [2.75, 3.05) is 13.1 Å². The van der Waals surface area contributed by atoms with Crippen molar-refractivity contribution in [1.29, 1.82) is 0 Å². The third-order valence-electron chi connectivity index (χ3n) is 5.20. The topological polar surface area (TPSA) is 76.5 Å². The fraction of sp³-hybridized carbons (Fsp3) is 0.737. The first kappa shape index (κ1) is 21.4. The van der Waals surface area contributed by atoms with Crippen LogP contribution < -0.4 is 5.32 Å². The molecule has 3 rings (SSSR count). The minimum Gasteiger partial charge on any atom is -0.444 e. The minimum absolute atomic E-state index is 0.0905. The number of halogens is 3. The van der Waals surface area contributed by atoms with Gasteiger partial charge in [-0.05, 0) is 58.4 Å². The Balaban J connectivity index is 1.56. The second-order valence-corrected chi connectivity index (χ2v) is 8.99. The molecular formula is C19H27F3N4O3. The minimum atomic E-state index is -4.46. The standard InChI is InChI=1S/C19H27F3N4O3/c1-11-5-15(26(24-11)10-19(20,21)22)16(27)23-14-6-12-8-25(9-13(12)7-14)17(28)29-18(2,3)4/h5,12-14H,6-10H2,1-4H3,(H,23,27). The average molecular weight is 416 g/mol. The van der Waals surface area contributed by atoms with Crippen LogP contribution in [0.15, 0.2) is 6.07 Å². The third-order valence-corrected chi connectivity index (χ3v) is 5.20. The molecule has 1 aromatic rings. The highest BCUT2D eigenvalue weighted by molar-refractivity contribution is 5.92. The maximum Gasteiger partial charge on any atom is 0.410 e. The van der Waals surface area contributed by atoms with Crippen LogP contribution in [-0.2, 0) is 11.3 Å². The molecule has 7 nitrogen and oxygen atoms in total. The van der Waals surface area contributed by atoms with E-state index < -0.39 is 24.2 Å². The van der Waals surface area contributed by atoms with Gasteiger partial charge in [0.2, 0.25) is 0 Å². The molecule has 2 amide bonds. The highest BCUT2D eigenvalue weighted by Gasteiger charge is 2.44. The molecule has 0 spiro atoms. The number of alkyl halides is 3. The fourth-order valence-corrected chi connectivity index (χ4v) is 4.17. The highest BCUT2D eigenvalue weighted by Crippen LogP contribution is 2.38. The molecule has 2 heterocycles. The van der Waals surface area contributed by atoms with Crippen LogP contribution in [0.3, 0.4) is 0 Å². The molecule has 2 unspecified atom stereocenters. The summed E-state index contributed by atoms with van der Waals surface area (Å²) in [5.74, 6) is -0.0619. The first-order chi connectivity index (χ1) is 13.3. The van der Waals surface area contributed by atoms with E-state index in [-0.39, 0.29) is 29.7 Å². The summed E-state index contributed by atoms with van der Waals surface area (Å²) in [5.41, 5.74) is -0.286. The van der Waals surface area contributed by atoms with Crippen LogP contribution in [0.4, 0.5) is 18.0 Å². The van der Waals surface area contributed by atoms with Gasteiger partial charge in [-0.1, -0.05) is 0 Å². The predicted octanol–water partition coefficient (Wildman–Crippen LogP) is 3.13. The van der Waals surface area contributed by atoms with Gasteiger partial charge in [-0.3, -0.25) is 9.48 Å². The monoisotopic (exact) mass is 416 g/mol. The number of likely N-dealkylation sites (tertiary alicyclic amines) is 1. The van der Waals surface area contributed by atoms with Crippen molar-refractivity contribution in [1.82, 2.24) is 20.0 Å². The van der Waals surface area contributed by atoms with E-state index in [9.17, 15) is 22.8 Å². The molecule has 2 fully saturated rings. The third kappa shape index (κ3) is 5.42. The molecule has 1 N–H and O–H groups in total. The first-order valence-corrected chi connectivity index (χ1v) is 9.71. The van der Waals surface area contributed by atoms with Crippen molar-refractivity contribution >= 4 is 12.0 Å². The predicted molar refractivity (Wildman–Crippen MR) is 98.3 cm³/mol. The van der Waals surface area contributed by atoms with Crippen LogP contribution in [0.1, 0.15) is 49.8 Å². The van der Waals surface area contributed by atoms with Crippen molar-refractivity contribution in [3.63, 3.8) is 0 Å². The Morgan fingerprint density at radius 2 is 1.79 bits per heavy atom. The number of nitrogens with one attached hydrogen (secondary N) is 1. The Hall–Kier alpha value is -2.26. The molecule has 2 aliphatic rings. The second-order valence-electron chi connectivity index (χ2n) is 8.99. The van der Waals surface area contributed by atoms with E-state index >= 15 is 0 Å². The van der Waals surface area contributed by atoms with E-state index in [0.29, 0.717) is 36.3 Å². The van der Waals surface area contributed by atoms with Crippen molar-refractivity contribution < 1.29 is 27.5 Å². The maximum atomic E-state index is 12.7. The lowest BCUT2D eigenvalue weighted by molar-refractivity contribution is -0.142. The van der Waals surface area contributed by atoms with E-state index in [2.05, 4.69) is 10.4 Å². The van der Waals surface area contributed by atoms with Gasteiger partial charge in [0.1, 0.15) is 17.8 Å². The number of nitrogens with zero attached hydrogens (tertiary/aromatic N) is 3. The largest absolute Gasteiger partial charge is 0.444 e. The van der Waals surface area contributed by atoms with Crippen LogP contribution in [0.5, 0.6) is 0 Å². The molecule has 1 aromatic heterocycles. The van der Waals surface area contributed by atoms with Gasteiger partial charge in [-0.15, -0.1) is 0 Å². The number of aryl methyl sites for hydroxylation is 1. The summed E-state index contributed by atoms with van der Waals surface area (Å²) in [6.45, 7) is 6.84. The highest BCUT2D eigenvalue weighted by atomic mass is 19.4. The number of ether oxygens (including phenoxy) is 1. The lowest BCUT2D eigenvalue weighted by atomic mass is 10.0. The maximum absolute atomic E-state index is 12.7. The Morgan fingerprint density at radius 3 is 2.31 bits per heavy atom. The van der Waals surface area contributed by atoms with Crippen LogP contribution in [0.25, 0.3) is 0 Å². The average Bonchev–Trinajstić information content (AvgIpc) is 3.16. The summed E-state index contributed by atoms with van der Waals surface area (Å²) in [5, 5.41) is 6.63. The van der Waals surface area contributed by atoms with E-state index in [1.165, 1.54) is 6.07 Å². The number of fused-ring (bicyclic) bond motifs is 1. The molecule has 1 aliphatic carbocycles. The molecule has 0 aromatic carbocycles. The number of amides is 2. The normalized spacial score (nSPS) is 24.5. The van der Waals surface area contributed by atoms with Crippen LogP contribution >= 0.6 is 0 Å². The summed E-state index contributed by atoms with van der Waals surface area (Å²) in [7, 11) is 0. The van der Waals surface area contributed by atoms with Gasteiger partial charge in [0, 0.05) is 19.1 Å². The van der Waals surface area contributed by atoms with Gasteiger partial charge < -0.3 is 15.0 Å². The number of carbonyl (C=O) groups excluding carboxylic acids is 2. The summed E-state index contributed by atoms with van der Waals surface area (Å²) in [6.07, 6.45) is -3.42. The van der Waals surface area contributed by atoms with Gasteiger partial charge in [0.15, 0.2) is 0 Å². The van der Waals surface area contributed by atoms with Crippen molar-refractivity contribution in [2.24, 2.45) is 11.8 Å². The van der Waals surface area contributed by atoms with Crippen LogP contribution in [-0.4, -0.2) is 57.6 Å². The molecule has 1 saturated heterocycles. The number of hydrogen-bond donors (Lipinski definition) is 1. The van der Waals surface area contributed by atoms with Gasteiger partial charge in [0.05, 0.1) is 5.69 Å². The molecule has 29 heavy (non-hydrogen) atoms. The quantitative estimate of drug-likeness (QED) is 0.822. The van der Waals surface area contributed by atoms with Crippen molar-refractivity contribution in [3.8, 4) is 0 Å². The summed E-state index contributed by atoms with van der Waals surface area (Å²) in [6, 6.07) is 1.23. The molecule has 1 saturated carbocycles. The van der Waals surface area contributed by atoms with Crippen molar-refractivity contribution in [3.05, 3.63) is 17.5 Å². The lowest BCUT2D eigenvalue weighted by Gasteiger charge is -2.25. The second kappa shape index (κ2) is 7.53. The van der Waals surface area contributed by atoms with Crippen molar-refractivity contribution in [2.45, 2.75) is 64.9 Å². The zero-order valence-corrected chi connectivity index (χ0v) is 17.0. The number of rotatable bonds is 3. The number of carbonyl (C=O) groups is 2. The molecular weight excluding hydrogens is 389 g/mol. The van der Waals surface area contributed by atoms with Gasteiger partial charge in [-0.25, -0.2) is 4.79 Å². The summed E-state index contributed by atoms with van der Waals surface area (Å²) >= 11 is 0. The molecule has 162 valence electrons. The van der Waals surface area contributed by atoms with E-state index in [0.717, 1.165) is 0 Å². The van der Waals surface area contributed by atoms with Crippen LogP contribution in [0, 0.1) is 18.8 Å². The lowest BCUT2D eigenvalue weighted by Crippen LogP contribution is -2.38. The zero-order valence-electron chi connectivity index (χ0n) is 17.0. The zero-order chi connectivity index (χ0) is 21.6.